The summed E-state index contributed by atoms with van der Waals surface area (Å²) in [5, 5.41) is 0. The van der Waals surface area contributed by atoms with Gasteiger partial charge in [0.15, 0.2) is 0 Å². The summed E-state index contributed by atoms with van der Waals surface area (Å²) in [4.78, 5) is 6.85. The maximum absolute atomic E-state index is 4.56. The molecule has 0 rings (SSSR count). The molecule has 0 aliphatic heterocycles. The molecule has 0 N–H and O–H groups in total. The summed E-state index contributed by atoms with van der Waals surface area (Å²) in [6.07, 6.45) is 0. The van der Waals surface area contributed by atoms with Gasteiger partial charge < -0.3 is 119 Å². The van der Waals surface area contributed by atoms with E-state index in [1.165, 1.54) is 0 Å². The molecule has 0 atom stereocenters. The van der Waals surface area contributed by atoms with Gasteiger partial charge in [-0.2, -0.15) is 0 Å². The SMILES string of the molecule is CN(C)C(=S)[S-].CN(C)C(=S)[S-].CN(C)C(=S)[S-].CN(C)C(=S)[S-].[Ti+4]. The van der Waals surface area contributed by atoms with E-state index in [9.17, 15) is 0 Å². The first kappa shape index (κ1) is 37.0. The van der Waals surface area contributed by atoms with Crippen LogP contribution in [0.2, 0.25) is 0 Å². The van der Waals surface area contributed by atoms with E-state index in [1.54, 1.807) is 19.6 Å². The minimum atomic E-state index is 0. The smallest absolute Gasteiger partial charge is 0.411 e. The van der Waals surface area contributed by atoms with Gasteiger partial charge in [-0.25, -0.2) is 0 Å². The molecule has 25 heavy (non-hydrogen) atoms. The zero-order valence-electron chi connectivity index (χ0n) is 15.6. The molecule has 0 spiro atoms. The average Bonchev–Trinajstić information content (AvgIpc) is 2.40. The number of thiocarbonyl (C=S) groups is 4. The third-order valence-electron chi connectivity index (χ3n) is 1.46. The van der Waals surface area contributed by atoms with Crippen LogP contribution in [0.3, 0.4) is 0 Å². The van der Waals surface area contributed by atoms with Crippen LogP contribution in [0.15, 0.2) is 0 Å². The molecule has 0 heterocycles. The van der Waals surface area contributed by atoms with Crippen LogP contribution in [0.25, 0.3) is 0 Å². The van der Waals surface area contributed by atoms with Crippen LogP contribution in [0, 0.1) is 0 Å². The molecule has 13 heteroatoms. The third kappa shape index (κ3) is 45.8. The predicted octanol–water partition coefficient (Wildman–Crippen LogP) is 1.52. The monoisotopic (exact) mass is 528 g/mol. The first-order valence-corrected chi connectivity index (χ1v) is 9.37. The van der Waals surface area contributed by atoms with E-state index in [0.29, 0.717) is 17.3 Å². The van der Waals surface area contributed by atoms with Crippen LogP contribution in [-0.2, 0) is 72.2 Å². The van der Waals surface area contributed by atoms with E-state index in [1.807, 2.05) is 56.4 Å². The zero-order valence-corrected chi connectivity index (χ0v) is 23.6. The number of rotatable bonds is 0. The van der Waals surface area contributed by atoms with Crippen molar-refractivity contribution in [1.29, 1.82) is 0 Å². The Kier molecular flexibility index (Phi) is 34.3. The largest absolute Gasteiger partial charge is 4.00 e. The van der Waals surface area contributed by atoms with Crippen LogP contribution in [0.1, 0.15) is 0 Å². The molecule has 0 fully saturated rings. The van der Waals surface area contributed by atoms with Crippen molar-refractivity contribution in [1.82, 2.24) is 19.6 Å². The molecule has 0 aromatic rings. The molecular weight excluding hydrogens is 505 g/mol. The van der Waals surface area contributed by atoms with Gasteiger partial charge in [-0.1, -0.05) is 17.3 Å². The minimum absolute atomic E-state index is 0. The van der Waals surface area contributed by atoms with Crippen molar-refractivity contribution in [2.24, 2.45) is 0 Å². The number of hydrogen-bond acceptors (Lipinski definition) is 8. The van der Waals surface area contributed by atoms with Crippen molar-refractivity contribution in [2.45, 2.75) is 0 Å². The Hall–Kier alpha value is 1.15. The van der Waals surface area contributed by atoms with Gasteiger partial charge in [-0.05, 0) is 0 Å². The van der Waals surface area contributed by atoms with E-state index < -0.39 is 0 Å². The van der Waals surface area contributed by atoms with Crippen molar-refractivity contribution in [2.75, 3.05) is 56.4 Å². The molecular formula is C12H24N4S8Ti. The maximum atomic E-state index is 4.56. The Labute approximate surface area is 212 Å². The summed E-state index contributed by atoms with van der Waals surface area (Å²) in [6, 6.07) is 0. The first-order chi connectivity index (χ1) is 10.6. The van der Waals surface area contributed by atoms with Crippen molar-refractivity contribution < 1.29 is 21.7 Å². The van der Waals surface area contributed by atoms with Crippen molar-refractivity contribution in [3.63, 3.8) is 0 Å². The van der Waals surface area contributed by atoms with E-state index in [0.717, 1.165) is 0 Å². The number of hydrogen-bond donors (Lipinski definition) is 0. The summed E-state index contributed by atoms with van der Waals surface area (Å²) in [7, 11) is 14.6. The van der Waals surface area contributed by atoms with Crippen molar-refractivity contribution >= 4 is 117 Å². The molecule has 0 saturated heterocycles. The fourth-order valence-corrected chi connectivity index (χ4v) is 0. The zero-order chi connectivity index (χ0) is 20.6. The van der Waals surface area contributed by atoms with Gasteiger partial charge in [0, 0.05) is 56.4 Å². The quantitative estimate of drug-likeness (QED) is 0.257. The van der Waals surface area contributed by atoms with Gasteiger partial charge in [0.25, 0.3) is 0 Å². The molecule has 0 aromatic carbocycles. The summed E-state index contributed by atoms with van der Waals surface area (Å²) in [6.45, 7) is 0. The standard InChI is InChI=1S/4C3H7NS2.Ti/c4*1-4(2)3(5)6;/h4*1-2H3,(H,5,6);/q;;;;+4/p-4. The minimum Gasteiger partial charge on any atom is -0.411 e. The fourth-order valence-electron chi connectivity index (χ4n) is 0. The second kappa shape index (κ2) is 23.2. The first-order valence-electron chi connectivity index (χ1n) is 6.11. The maximum Gasteiger partial charge on any atom is 4.00 e. The molecule has 0 aliphatic rings. The Morgan fingerprint density at radius 3 is 0.480 bits per heavy atom. The van der Waals surface area contributed by atoms with Gasteiger partial charge in [-0.3, -0.25) is 0 Å². The van der Waals surface area contributed by atoms with Crippen molar-refractivity contribution in [3.05, 3.63) is 0 Å². The van der Waals surface area contributed by atoms with Crippen molar-refractivity contribution in [3.8, 4) is 0 Å². The normalized spacial score (nSPS) is 7.36. The fraction of sp³-hybridized carbons (Fsp3) is 0.667. The second-order valence-electron chi connectivity index (χ2n) is 4.64. The summed E-state index contributed by atoms with van der Waals surface area (Å²) in [5.41, 5.74) is 0. The van der Waals surface area contributed by atoms with Gasteiger partial charge in [-0.15, -0.1) is 0 Å². The molecule has 0 amide bonds. The van der Waals surface area contributed by atoms with Gasteiger partial charge >= 0.3 is 21.7 Å². The summed E-state index contributed by atoms with van der Waals surface area (Å²) in [5.74, 6) is 0. The van der Waals surface area contributed by atoms with Crippen LogP contribution in [0.5, 0.6) is 0 Å². The summed E-state index contributed by atoms with van der Waals surface area (Å²) >= 11 is 36.5. The molecule has 0 unspecified atom stereocenters. The van der Waals surface area contributed by atoms with Crippen LogP contribution >= 0.6 is 48.9 Å². The Balaban J connectivity index is -0.0000000702. The Bertz CT molecular complexity index is 317. The van der Waals surface area contributed by atoms with E-state index in [-0.39, 0.29) is 21.7 Å². The molecule has 0 radical (unpaired) electrons. The molecule has 0 aliphatic carbocycles. The molecule has 0 bridgehead atoms. The average molecular weight is 529 g/mol. The van der Waals surface area contributed by atoms with Gasteiger partial charge in [0.2, 0.25) is 0 Å². The van der Waals surface area contributed by atoms with Gasteiger partial charge in [0.1, 0.15) is 0 Å². The van der Waals surface area contributed by atoms with Gasteiger partial charge in [0.05, 0.1) is 0 Å². The van der Waals surface area contributed by atoms with E-state index in [2.05, 4.69) is 99.4 Å². The van der Waals surface area contributed by atoms with Crippen LogP contribution < -0.4 is 0 Å². The summed E-state index contributed by atoms with van der Waals surface area (Å²) < 4.78 is 2.04. The Morgan fingerprint density at radius 1 is 0.440 bits per heavy atom. The molecule has 0 saturated carbocycles. The third-order valence-corrected chi connectivity index (χ3v) is 4.38. The van der Waals surface area contributed by atoms with Crippen LogP contribution in [0.4, 0.5) is 0 Å². The predicted molar refractivity (Wildman–Crippen MR) is 135 cm³/mol. The number of nitrogens with zero attached hydrogens (tertiary/aromatic N) is 4. The Morgan fingerprint density at radius 2 is 0.480 bits per heavy atom. The van der Waals surface area contributed by atoms with E-state index in [4.69, 9.17) is 0 Å². The van der Waals surface area contributed by atoms with Crippen LogP contribution in [-0.4, -0.2) is 93.3 Å². The second-order valence-corrected chi connectivity index (χ2v) is 8.77. The van der Waals surface area contributed by atoms with E-state index >= 15 is 0 Å². The molecule has 144 valence electrons. The topological polar surface area (TPSA) is 13.0 Å². The molecule has 4 nitrogen and oxygen atoms in total. The molecule has 0 aromatic heterocycles.